The Morgan fingerprint density at radius 1 is 1.26 bits per heavy atom. The fraction of sp³-hybridized carbons (Fsp3) is 0.778. The van der Waals surface area contributed by atoms with E-state index in [9.17, 15) is 31.2 Å². The van der Waals surface area contributed by atoms with Crippen LogP contribution in [-0.2, 0) is 19.4 Å². The number of aliphatic carboxylic acids is 1. The molecule has 2 saturated heterocycles. The molecule has 0 saturated carbocycles. The number of nitrogens with zero attached hydrogens (tertiary/aromatic N) is 1. The summed E-state index contributed by atoms with van der Waals surface area (Å²) in [4.78, 5) is 22.5. The normalized spacial score (nSPS) is 28.2. The van der Waals surface area contributed by atoms with Gasteiger partial charge in [-0.1, -0.05) is 0 Å². The van der Waals surface area contributed by atoms with Gasteiger partial charge in [0.15, 0.2) is 9.84 Å². The van der Waals surface area contributed by atoms with E-state index >= 15 is 0 Å². The van der Waals surface area contributed by atoms with Crippen LogP contribution in [0.5, 0.6) is 0 Å². The van der Waals surface area contributed by atoms with Gasteiger partial charge in [0, 0.05) is 18.5 Å². The molecule has 0 aliphatic carbocycles. The van der Waals surface area contributed by atoms with E-state index in [1.807, 2.05) is 0 Å². The van der Waals surface area contributed by atoms with E-state index in [1.54, 1.807) is 0 Å². The summed E-state index contributed by atoms with van der Waals surface area (Å²) in [5.41, 5.74) is -1.27. The van der Waals surface area contributed by atoms with E-state index in [2.05, 4.69) is 0 Å². The van der Waals surface area contributed by atoms with E-state index in [1.165, 1.54) is 0 Å². The number of carboxylic acid groups (broad SMARTS) is 1. The molecule has 2 rings (SSSR count). The van der Waals surface area contributed by atoms with E-state index in [-0.39, 0.29) is 0 Å². The molecule has 0 aromatic rings. The van der Waals surface area contributed by atoms with Crippen LogP contribution >= 0.6 is 0 Å². The van der Waals surface area contributed by atoms with Gasteiger partial charge >= 0.3 is 18.1 Å². The summed E-state index contributed by atoms with van der Waals surface area (Å²) < 4.78 is 59.2. The summed E-state index contributed by atoms with van der Waals surface area (Å²) in [5, 5.41) is 8.97. The molecule has 1 N–H and O–H groups in total. The van der Waals surface area contributed by atoms with Crippen LogP contribution in [0.15, 0.2) is 0 Å². The molecule has 1 spiro atoms. The van der Waals surface area contributed by atoms with Crippen molar-refractivity contribution in [2.24, 2.45) is 11.3 Å². The maximum absolute atomic E-state index is 12.3. The van der Waals surface area contributed by atoms with E-state index in [4.69, 9.17) is 5.11 Å². The highest BCUT2D eigenvalue weighted by molar-refractivity contribution is 7.92. The summed E-state index contributed by atoms with van der Waals surface area (Å²) in [7, 11) is -3.41. The minimum atomic E-state index is -5.09. The number of hydrogen-bond donors (Lipinski definition) is 1. The predicted octanol–water partition coefficient (Wildman–Crippen LogP) is -0.493. The highest BCUT2D eigenvalue weighted by Crippen LogP contribution is 2.46. The van der Waals surface area contributed by atoms with E-state index < -0.39 is 63.8 Å². The molecular formula is C9H10F3NO5S. The maximum Gasteiger partial charge on any atom is 0.471 e. The van der Waals surface area contributed by atoms with Gasteiger partial charge in [-0.3, -0.25) is 9.59 Å². The number of carbonyl (C=O) groups excluding carboxylic acids is 1. The van der Waals surface area contributed by atoms with Gasteiger partial charge in [0.2, 0.25) is 0 Å². The first-order chi connectivity index (χ1) is 8.47. The van der Waals surface area contributed by atoms with Crippen LogP contribution in [0.2, 0.25) is 0 Å². The molecule has 10 heteroatoms. The smallest absolute Gasteiger partial charge is 0.471 e. The van der Waals surface area contributed by atoms with Crippen LogP contribution in [0, 0.1) is 11.3 Å². The second-order valence-electron chi connectivity index (χ2n) is 4.97. The Bertz CT molecular complexity index is 529. The number of carbonyl (C=O) groups is 2. The van der Waals surface area contributed by atoms with Gasteiger partial charge in [0.25, 0.3) is 0 Å². The first-order valence-electron chi connectivity index (χ1n) is 5.26. The predicted molar refractivity (Wildman–Crippen MR) is 54.8 cm³/mol. The van der Waals surface area contributed by atoms with Crippen LogP contribution in [0.25, 0.3) is 0 Å². The lowest BCUT2D eigenvalue weighted by Gasteiger charge is -2.39. The largest absolute Gasteiger partial charge is 0.481 e. The lowest BCUT2D eigenvalue weighted by atomic mass is 9.81. The fourth-order valence-electron chi connectivity index (χ4n) is 2.77. The molecule has 108 valence electrons. The topological polar surface area (TPSA) is 91.8 Å². The van der Waals surface area contributed by atoms with Crippen molar-refractivity contribution in [2.75, 3.05) is 24.6 Å². The van der Waals surface area contributed by atoms with Crippen molar-refractivity contribution in [1.29, 1.82) is 0 Å². The van der Waals surface area contributed by atoms with Gasteiger partial charge in [-0.05, 0) is 0 Å². The molecule has 2 aliphatic heterocycles. The molecule has 2 heterocycles. The average Bonchev–Trinajstić information content (AvgIpc) is 2.53. The Kier molecular flexibility index (Phi) is 2.85. The van der Waals surface area contributed by atoms with Gasteiger partial charge < -0.3 is 10.0 Å². The zero-order valence-corrected chi connectivity index (χ0v) is 10.3. The molecule has 0 radical (unpaired) electrons. The highest BCUT2D eigenvalue weighted by atomic mass is 32.2. The Morgan fingerprint density at radius 3 is 2.16 bits per heavy atom. The molecule has 19 heavy (non-hydrogen) atoms. The Morgan fingerprint density at radius 2 is 1.79 bits per heavy atom. The highest BCUT2D eigenvalue weighted by Gasteiger charge is 2.62. The molecule has 2 fully saturated rings. The zero-order valence-electron chi connectivity index (χ0n) is 9.48. The van der Waals surface area contributed by atoms with Crippen molar-refractivity contribution in [3.8, 4) is 0 Å². The number of rotatable bonds is 1. The van der Waals surface area contributed by atoms with Crippen LogP contribution < -0.4 is 0 Å². The van der Waals surface area contributed by atoms with E-state index in [0.29, 0.717) is 4.90 Å². The monoisotopic (exact) mass is 301 g/mol. The average molecular weight is 301 g/mol. The molecule has 2 aliphatic rings. The van der Waals surface area contributed by atoms with Gasteiger partial charge in [-0.15, -0.1) is 0 Å². The third kappa shape index (κ3) is 2.28. The van der Waals surface area contributed by atoms with Crippen molar-refractivity contribution in [2.45, 2.75) is 6.18 Å². The minimum Gasteiger partial charge on any atom is -0.481 e. The van der Waals surface area contributed by atoms with Gasteiger partial charge in [0.05, 0.1) is 17.4 Å². The Balaban J connectivity index is 2.23. The number of alkyl halides is 3. The first kappa shape index (κ1) is 14.1. The molecule has 1 unspecified atom stereocenters. The van der Waals surface area contributed by atoms with Crippen molar-refractivity contribution >= 4 is 21.7 Å². The van der Waals surface area contributed by atoms with Crippen molar-refractivity contribution in [3.05, 3.63) is 0 Å². The fourth-order valence-corrected chi connectivity index (χ4v) is 5.02. The van der Waals surface area contributed by atoms with Gasteiger partial charge in [-0.2, -0.15) is 13.2 Å². The summed E-state index contributed by atoms with van der Waals surface area (Å²) in [5.74, 6) is -5.76. The Labute approximate surface area is 106 Å². The van der Waals surface area contributed by atoms with Crippen molar-refractivity contribution in [3.63, 3.8) is 0 Å². The number of hydrogen-bond acceptors (Lipinski definition) is 4. The quantitative estimate of drug-likeness (QED) is 0.705. The van der Waals surface area contributed by atoms with Crippen LogP contribution in [0.1, 0.15) is 0 Å². The molecular weight excluding hydrogens is 291 g/mol. The van der Waals surface area contributed by atoms with Crippen molar-refractivity contribution in [1.82, 2.24) is 4.90 Å². The molecule has 6 nitrogen and oxygen atoms in total. The third-order valence-corrected chi connectivity index (χ3v) is 5.52. The maximum atomic E-state index is 12.3. The van der Waals surface area contributed by atoms with Crippen LogP contribution in [-0.4, -0.2) is 61.1 Å². The summed E-state index contributed by atoms with van der Waals surface area (Å²) >= 11 is 0. The third-order valence-electron chi connectivity index (χ3n) is 3.49. The standard InChI is InChI=1S/C9H10F3NO5S/c10-9(11,12)7(16)13-1-5(6(14)15)8(2-13)3-19(17,18)4-8/h5H,1-4H2,(H,14,15). The van der Waals surface area contributed by atoms with Crippen molar-refractivity contribution < 1.29 is 36.3 Å². The lowest BCUT2D eigenvalue weighted by molar-refractivity contribution is -0.184. The van der Waals surface area contributed by atoms with E-state index in [0.717, 1.165) is 0 Å². The number of sulfone groups is 1. The molecule has 0 aromatic heterocycles. The Hall–Kier alpha value is -1.32. The molecule has 0 aromatic carbocycles. The number of likely N-dealkylation sites (tertiary alicyclic amines) is 1. The number of carboxylic acids is 1. The summed E-state index contributed by atoms with van der Waals surface area (Å²) in [6.07, 6.45) is -5.09. The summed E-state index contributed by atoms with van der Waals surface area (Å²) in [6.45, 7) is -1.09. The number of amides is 1. The van der Waals surface area contributed by atoms with Gasteiger partial charge in [0.1, 0.15) is 0 Å². The zero-order chi connectivity index (χ0) is 14.6. The lowest BCUT2D eigenvalue weighted by Crippen LogP contribution is -2.55. The number of halogens is 3. The molecule has 0 bridgehead atoms. The molecule has 1 atom stereocenters. The van der Waals surface area contributed by atoms with Gasteiger partial charge in [-0.25, -0.2) is 8.42 Å². The summed E-state index contributed by atoms with van der Waals surface area (Å²) in [6, 6.07) is 0. The van der Waals surface area contributed by atoms with Crippen LogP contribution in [0.3, 0.4) is 0 Å². The molecule has 1 amide bonds. The second-order valence-corrected chi connectivity index (χ2v) is 7.03. The SMILES string of the molecule is O=C(O)C1CN(C(=O)C(F)(F)F)CC12CS(=O)(=O)C2. The van der Waals surface area contributed by atoms with Crippen LogP contribution in [0.4, 0.5) is 13.2 Å². The minimum absolute atomic E-state index is 0.382. The second kappa shape index (κ2) is 3.84. The first-order valence-corrected chi connectivity index (χ1v) is 7.08.